The fourth-order valence-electron chi connectivity index (χ4n) is 5.52. The summed E-state index contributed by atoms with van der Waals surface area (Å²) >= 11 is 2.69. The minimum Gasteiger partial charge on any atom is -0.319 e. The van der Waals surface area contributed by atoms with Crippen LogP contribution in [0.3, 0.4) is 0 Å². The van der Waals surface area contributed by atoms with Gasteiger partial charge in [0.2, 0.25) is 17.7 Å². The number of rotatable bonds is 6. The molecule has 3 amide bonds. The topological polar surface area (TPSA) is 106 Å². The highest BCUT2D eigenvalue weighted by molar-refractivity contribution is 8.01. The maximum atomic E-state index is 13.1. The fraction of sp³-hybridized carbons (Fsp3) is 0.321. The molecule has 39 heavy (non-hydrogen) atoms. The molecule has 0 bridgehead atoms. The number of aromatic nitrogens is 3. The average molecular weight is 562 g/mol. The normalized spacial score (nSPS) is 19.1. The van der Waals surface area contributed by atoms with Crippen LogP contribution < -0.4 is 15.8 Å². The summed E-state index contributed by atoms with van der Waals surface area (Å²) in [6.45, 7) is 1.79. The van der Waals surface area contributed by atoms with Crippen molar-refractivity contribution in [1.82, 2.24) is 14.3 Å². The average Bonchev–Trinajstić information content (AvgIpc) is 3.54. The van der Waals surface area contributed by atoms with E-state index < -0.39 is 0 Å². The lowest BCUT2D eigenvalue weighted by Crippen LogP contribution is -2.30. The Hall–Kier alpha value is -3.70. The predicted octanol–water partition coefficient (Wildman–Crippen LogP) is 4.50. The maximum absolute atomic E-state index is 13.1. The minimum absolute atomic E-state index is 0.0816. The molecule has 1 saturated heterocycles. The van der Waals surface area contributed by atoms with Gasteiger partial charge in [0, 0.05) is 7.05 Å². The van der Waals surface area contributed by atoms with Gasteiger partial charge in [0.25, 0.3) is 5.56 Å². The molecule has 1 saturated carbocycles. The van der Waals surface area contributed by atoms with E-state index in [1.54, 1.807) is 24.7 Å². The number of nitrogens with one attached hydrogen (secondary N) is 1. The highest BCUT2D eigenvalue weighted by Crippen LogP contribution is 2.41. The third-order valence-electron chi connectivity index (χ3n) is 7.60. The summed E-state index contributed by atoms with van der Waals surface area (Å²) in [4.78, 5) is 57.8. The molecule has 2 aromatic heterocycles. The number of imide groups is 1. The quantitative estimate of drug-likeness (QED) is 0.274. The minimum atomic E-state index is -0.304. The molecule has 6 rings (SSSR count). The molecule has 1 N–H and O–H groups in total. The second-order valence-electron chi connectivity index (χ2n) is 9.91. The van der Waals surface area contributed by atoms with E-state index in [0.717, 1.165) is 35.9 Å². The number of carbonyl (C=O) groups excluding carboxylic acids is 3. The Balaban J connectivity index is 1.16. The zero-order chi connectivity index (χ0) is 27.3. The lowest BCUT2D eigenvalue weighted by atomic mass is 9.81. The van der Waals surface area contributed by atoms with Crippen LogP contribution in [0.25, 0.3) is 15.9 Å². The SMILES string of the molecule is Cc1c(NC(=O)CSc2nc3ccc(N4C(=O)[C@H]5CCCC[C@H]5C4=O)cc3s2)c(=O)n(-c2ccccc2)n1C. The first kappa shape index (κ1) is 25.6. The molecule has 2 aliphatic rings. The Morgan fingerprint density at radius 3 is 2.41 bits per heavy atom. The van der Waals surface area contributed by atoms with Crippen molar-refractivity contribution < 1.29 is 14.4 Å². The van der Waals surface area contributed by atoms with Gasteiger partial charge in [0.15, 0.2) is 4.34 Å². The number of hydrogen-bond donors (Lipinski definition) is 1. The molecule has 2 fully saturated rings. The Kier molecular flexibility index (Phi) is 6.64. The first-order chi connectivity index (χ1) is 18.8. The molecule has 0 spiro atoms. The van der Waals surface area contributed by atoms with Crippen LogP contribution in [-0.2, 0) is 21.4 Å². The largest absolute Gasteiger partial charge is 0.319 e. The molecule has 1 aliphatic heterocycles. The van der Waals surface area contributed by atoms with Crippen molar-refractivity contribution in [2.75, 3.05) is 16.0 Å². The number of amides is 3. The zero-order valence-corrected chi connectivity index (χ0v) is 23.2. The number of fused-ring (bicyclic) bond motifs is 2. The summed E-state index contributed by atoms with van der Waals surface area (Å²) in [5.74, 6) is -0.805. The van der Waals surface area contributed by atoms with Crippen molar-refractivity contribution in [3.05, 3.63) is 64.6 Å². The first-order valence-corrected chi connectivity index (χ1v) is 14.7. The van der Waals surface area contributed by atoms with Gasteiger partial charge < -0.3 is 5.32 Å². The van der Waals surface area contributed by atoms with Gasteiger partial charge in [0.1, 0.15) is 5.69 Å². The van der Waals surface area contributed by atoms with Crippen LogP contribution in [0.4, 0.5) is 11.4 Å². The maximum Gasteiger partial charge on any atom is 0.295 e. The van der Waals surface area contributed by atoms with Crippen molar-refractivity contribution in [1.29, 1.82) is 0 Å². The van der Waals surface area contributed by atoms with Crippen molar-refractivity contribution >= 4 is 62.4 Å². The van der Waals surface area contributed by atoms with Crippen LogP contribution in [0.2, 0.25) is 0 Å². The Morgan fingerprint density at radius 2 is 1.72 bits per heavy atom. The summed E-state index contributed by atoms with van der Waals surface area (Å²) < 4.78 is 4.77. The molecule has 4 aromatic rings. The monoisotopic (exact) mass is 561 g/mol. The number of carbonyl (C=O) groups is 3. The molecule has 2 atom stereocenters. The third kappa shape index (κ3) is 4.49. The molecule has 11 heteroatoms. The number of nitrogens with zero attached hydrogens (tertiary/aromatic N) is 4. The second-order valence-corrected chi connectivity index (χ2v) is 12.2. The highest BCUT2D eigenvalue weighted by Gasteiger charge is 2.48. The van der Waals surface area contributed by atoms with Crippen LogP contribution in [0.15, 0.2) is 57.7 Å². The summed E-state index contributed by atoms with van der Waals surface area (Å²) in [5, 5.41) is 2.78. The lowest BCUT2D eigenvalue weighted by Gasteiger charge is -2.19. The van der Waals surface area contributed by atoms with E-state index >= 15 is 0 Å². The van der Waals surface area contributed by atoms with Gasteiger partial charge in [-0.1, -0.05) is 42.8 Å². The Bertz CT molecular complexity index is 1650. The van der Waals surface area contributed by atoms with Gasteiger partial charge in [-0.25, -0.2) is 9.67 Å². The number of thiazole rings is 1. The number of anilines is 2. The van der Waals surface area contributed by atoms with Crippen LogP contribution in [0, 0.1) is 18.8 Å². The molecular weight excluding hydrogens is 534 g/mol. The number of thioether (sulfide) groups is 1. The first-order valence-electron chi connectivity index (χ1n) is 12.9. The van der Waals surface area contributed by atoms with Gasteiger partial charge in [-0.05, 0) is 50.1 Å². The molecule has 3 heterocycles. The number of benzene rings is 2. The van der Waals surface area contributed by atoms with E-state index in [4.69, 9.17) is 0 Å². The zero-order valence-electron chi connectivity index (χ0n) is 21.5. The summed E-state index contributed by atoms with van der Waals surface area (Å²) in [6, 6.07) is 14.7. The van der Waals surface area contributed by atoms with Crippen molar-refractivity contribution in [2.45, 2.75) is 36.9 Å². The molecular formula is C28H27N5O4S2. The second kappa shape index (κ2) is 10.1. The van der Waals surface area contributed by atoms with Gasteiger partial charge in [-0.3, -0.25) is 28.8 Å². The van der Waals surface area contributed by atoms with Gasteiger partial charge in [-0.2, -0.15) is 0 Å². The highest BCUT2D eigenvalue weighted by atomic mass is 32.2. The standard InChI is InChI=1S/C28H27N5O4S2/c1-16-24(27(37)33(31(16)2)17-8-4-3-5-9-17)30-23(34)15-38-28-29-21-13-12-18(14-22(21)39-28)32-25(35)19-10-6-7-11-20(19)26(32)36/h3-5,8-9,12-14,19-20H,6-7,10-11,15H2,1-2H3,(H,30,34)/t19-,20+. The van der Waals surface area contributed by atoms with Crippen molar-refractivity contribution in [3.8, 4) is 5.69 Å². The van der Waals surface area contributed by atoms with E-state index in [0.29, 0.717) is 21.4 Å². The van der Waals surface area contributed by atoms with E-state index in [2.05, 4.69) is 10.3 Å². The number of hydrogen-bond acceptors (Lipinski definition) is 7. The van der Waals surface area contributed by atoms with E-state index in [-0.39, 0.29) is 46.6 Å². The van der Waals surface area contributed by atoms with Crippen LogP contribution in [0.5, 0.6) is 0 Å². The van der Waals surface area contributed by atoms with Crippen molar-refractivity contribution in [3.63, 3.8) is 0 Å². The Labute approximate surface area is 232 Å². The molecule has 2 aromatic carbocycles. The van der Waals surface area contributed by atoms with Crippen molar-refractivity contribution in [2.24, 2.45) is 18.9 Å². The van der Waals surface area contributed by atoms with E-state index in [1.807, 2.05) is 42.5 Å². The van der Waals surface area contributed by atoms with E-state index in [9.17, 15) is 19.2 Å². The van der Waals surface area contributed by atoms with Crippen LogP contribution in [-0.4, -0.2) is 37.8 Å². The van der Waals surface area contributed by atoms with Gasteiger partial charge in [-0.15, -0.1) is 11.3 Å². The molecule has 0 unspecified atom stereocenters. The lowest BCUT2D eigenvalue weighted by molar-refractivity contribution is -0.122. The summed E-state index contributed by atoms with van der Waals surface area (Å²) in [6.07, 6.45) is 3.53. The Morgan fingerprint density at radius 1 is 1.03 bits per heavy atom. The summed E-state index contributed by atoms with van der Waals surface area (Å²) in [7, 11) is 1.78. The van der Waals surface area contributed by atoms with Crippen LogP contribution in [0.1, 0.15) is 31.4 Å². The third-order valence-corrected chi connectivity index (χ3v) is 9.76. The molecule has 1 aliphatic carbocycles. The van der Waals surface area contributed by atoms with E-state index in [1.165, 1.54) is 32.7 Å². The molecule has 9 nitrogen and oxygen atoms in total. The fourth-order valence-corrected chi connectivity index (χ4v) is 7.43. The van der Waals surface area contributed by atoms with Gasteiger partial charge in [0.05, 0.1) is 44.9 Å². The molecule has 200 valence electrons. The number of para-hydroxylation sites is 1. The van der Waals surface area contributed by atoms with Crippen LogP contribution >= 0.6 is 23.1 Å². The molecule has 0 radical (unpaired) electrons. The summed E-state index contributed by atoms with van der Waals surface area (Å²) in [5.41, 5.74) is 2.65. The smallest absolute Gasteiger partial charge is 0.295 e. The van der Waals surface area contributed by atoms with Gasteiger partial charge >= 0.3 is 0 Å². The predicted molar refractivity (Wildman–Crippen MR) is 153 cm³/mol.